The van der Waals surface area contributed by atoms with Gasteiger partial charge in [0.15, 0.2) is 5.65 Å². The van der Waals surface area contributed by atoms with E-state index in [1.54, 1.807) is 0 Å². The monoisotopic (exact) mass is 233 g/mol. The molecule has 0 aliphatic carbocycles. The molecule has 5 nitrogen and oxygen atoms in total. The van der Waals surface area contributed by atoms with Crippen LogP contribution in [0.4, 0.5) is 0 Å². The highest BCUT2D eigenvalue weighted by atomic mass is 15.3. The summed E-state index contributed by atoms with van der Waals surface area (Å²) in [6, 6.07) is 2.09. The quantitative estimate of drug-likeness (QED) is 0.867. The van der Waals surface area contributed by atoms with Crippen molar-refractivity contribution in [3.8, 4) is 0 Å². The fraction of sp³-hybridized carbons (Fsp3) is 0.583. The van der Waals surface area contributed by atoms with Crippen LogP contribution < -0.4 is 5.73 Å². The summed E-state index contributed by atoms with van der Waals surface area (Å²) in [4.78, 5) is 4.43. The summed E-state index contributed by atoms with van der Waals surface area (Å²) in [7, 11) is 0. The first-order valence-corrected chi connectivity index (χ1v) is 6.05. The second-order valence-electron chi connectivity index (χ2n) is 4.51. The van der Waals surface area contributed by atoms with Gasteiger partial charge in [0.2, 0.25) is 0 Å². The first kappa shape index (κ1) is 12.0. The lowest BCUT2D eigenvalue weighted by Gasteiger charge is -2.09. The summed E-state index contributed by atoms with van der Waals surface area (Å²) >= 11 is 0. The van der Waals surface area contributed by atoms with E-state index >= 15 is 0 Å². The molecule has 0 saturated carbocycles. The Morgan fingerprint density at radius 1 is 1.35 bits per heavy atom. The van der Waals surface area contributed by atoms with Crippen molar-refractivity contribution in [3.05, 3.63) is 23.4 Å². The third-order valence-corrected chi connectivity index (χ3v) is 2.86. The number of rotatable bonds is 4. The largest absolute Gasteiger partial charge is 0.327 e. The molecule has 0 spiro atoms. The predicted octanol–water partition coefficient (Wildman–Crippen LogP) is 1.41. The van der Waals surface area contributed by atoms with Crippen molar-refractivity contribution in [3.63, 3.8) is 0 Å². The molecular formula is C12H19N5. The molecule has 2 heterocycles. The molecule has 0 amide bonds. The molecule has 0 bridgehead atoms. The van der Waals surface area contributed by atoms with Gasteiger partial charge in [-0.25, -0.2) is 4.98 Å². The smallest absolute Gasteiger partial charge is 0.164 e. The molecule has 17 heavy (non-hydrogen) atoms. The Balaban J connectivity index is 2.36. The van der Waals surface area contributed by atoms with Crippen LogP contribution in [-0.4, -0.2) is 25.6 Å². The topological polar surface area (TPSA) is 69.1 Å². The van der Waals surface area contributed by atoms with Crippen molar-refractivity contribution in [1.29, 1.82) is 0 Å². The lowest BCUT2D eigenvalue weighted by Crippen LogP contribution is -2.23. The molecule has 2 rings (SSSR count). The summed E-state index contributed by atoms with van der Waals surface area (Å²) < 4.78 is 1.99. The summed E-state index contributed by atoms with van der Waals surface area (Å²) in [6.07, 6.45) is 2.85. The van der Waals surface area contributed by atoms with E-state index in [1.165, 1.54) is 0 Å². The normalized spacial score (nSPS) is 13.2. The van der Waals surface area contributed by atoms with E-state index in [0.29, 0.717) is 0 Å². The zero-order valence-corrected chi connectivity index (χ0v) is 10.6. The second-order valence-corrected chi connectivity index (χ2v) is 4.51. The second kappa shape index (κ2) is 4.79. The standard InChI is InChI=1S/C12H19N5/c1-4-5-10(13)7-12-16-15-11-6-8(2)14-9(3)17(11)12/h6,10H,4-5,7,13H2,1-3H3. The van der Waals surface area contributed by atoms with Crippen LogP contribution in [0.25, 0.3) is 5.65 Å². The molecule has 0 aromatic carbocycles. The van der Waals surface area contributed by atoms with Crippen LogP contribution in [0.1, 0.15) is 37.1 Å². The molecule has 0 radical (unpaired) electrons. The maximum absolute atomic E-state index is 6.04. The van der Waals surface area contributed by atoms with Gasteiger partial charge >= 0.3 is 0 Å². The Labute approximate surface area is 101 Å². The minimum Gasteiger partial charge on any atom is -0.327 e. The van der Waals surface area contributed by atoms with Crippen LogP contribution in [0.2, 0.25) is 0 Å². The van der Waals surface area contributed by atoms with E-state index in [9.17, 15) is 0 Å². The number of nitrogens with zero attached hydrogens (tertiary/aromatic N) is 4. The number of nitrogens with two attached hydrogens (primary N) is 1. The maximum Gasteiger partial charge on any atom is 0.164 e. The predicted molar refractivity (Wildman–Crippen MR) is 66.8 cm³/mol. The Hall–Kier alpha value is -1.49. The highest BCUT2D eigenvalue weighted by Gasteiger charge is 2.12. The van der Waals surface area contributed by atoms with Gasteiger partial charge in [0.05, 0.1) is 0 Å². The third kappa shape index (κ3) is 2.44. The number of aryl methyl sites for hydroxylation is 2. The summed E-state index contributed by atoms with van der Waals surface area (Å²) in [5.41, 5.74) is 7.86. The molecule has 0 saturated heterocycles. The lowest BCUT2D eigenvalue weighted by molar-refractivity contribution is 0.580. The Bertz CT molecular complexity index is 517. The fourth-order valence-electron chi connectivity index (χ4n) is 2.14. The van der Waals surface area contributed by atoms with Crippen LogP contribution in [0.3, 0.4) is 0 Å². The van der Waals surface area contributed by atoms with E-state index in [2.05, 4.69) is 22.1 Å². The van der Waals surface area contributed by atoms with Crippen molar-refractivity contribution in [2.75, 3.05) is 0 Å². The third-order valence-electron chi connectivity index (χ3n) is 2.86. The molecule has 0 aliphatic rings. The number of hydrogen-bond donors (Lipinski definition) is 1. The summed E-state index contributed by atoms with van der Waals surface area (Å²) in [5, 5.41) is 8.38. The van der Waals surface area contributed by atoms with Crippen LogP contribution in [0.15, 0.2) is 6.07 Å². The first-order valence-electron chi connectivity index (χ1n) is 6.05. The highest BCUT2D eigenvalue weighted by molar-refractivity contribution is 5.39. The van der Waals surface area contributed by atoms with Gasteiger partial charge in [-0.1, -0.05) is 13.3 Å². The van der Waals surface area contributed by atoms with Gasteiger partial charge in [-0.3, -0.25) is 4.40 Å². The van der Waals surface area contributed by atoms with Gasteiger partial charge in [0, 0.05) is 24.2 Å². The minimum absolute atomic E-state index is 0.146. The molecule has 0 aliphatic heterocycles. The molecule has 1 unspecified atom stereocenters. The van der Waals surface area contributed by atoms with E-state index in [0.717, 1.165) is 42.3 Å². The van der Waals surface area contributed by atoms with Crippen molar-refractivity contribution >= 4 is 5.65 Å². The Morgan fingerprint density at radius 3 is 2.82 bits per heavy atom. The van der Waals surface area contributed by atoms with E-state index in [1.807, 2.05) is 24.3 Å². The van der Waals surface area contributed by atoms with Crippen LogP contribution in [0.5, 0.6) is 0 Å². The van der Waals surface area contributed by atoms with Gasteiger partial charge in [-0.15, -0.1) is 10.2 Å². The highest BCUT2D eigenvalue weighted by Crippen LogP contribution is 2.10. The van der Waals surface area contributed by atoms with Crippen LogP contribution in [-0.2, 0) is 6.42 Å². The van der Waals surface area contributed by atoms with E-state index < -0.39 is 0 Å². The molecule has 5 heteroatoms. The fourth-order valence-corrected chi connectivity index (χ4v) is 2.14. The SMILES string of the molecule is CCCC(N)Cc1nnc2cc(C)nc(C)n12. The number of hydrogen-bond acceptors (Lipinski definition) is 4. The zero-order valence-electron chi connectivity index (χ0n) is 10.6. The minimum atomic E-state index is 0.146. The average molecular weight is 233 g/mol. The lowest BCUT2D eigenvalue weighted by atomic mass is 10.1. The first-order chi connectivity index (χ1) is 8.11. The van der Waals surface area contributed by atoms with Crippen LogP contribution in [0, 0.1) is 13.8 Å². The van der Waals surface area contributed by atoms with Gasteiger partial charge in [-0.2, -0.15) is 0 Å². The molecule has 92 valence electrons. The molecule has 2 aromatic heterocycles. The van der Waals surface area contributed by atoms with E-state index in [4.69, 9.17) is 5.73 Å². The van der Waals surface area contributed by atoms with Crippen molar-refractivity contribution < 1.29 is 0 Å². The molecule has 2 aromatic rings. The van der Waals surface area contributed by atoms with E-state index in [-0.39, 0.29) is 6.04 Å². The van der Waals surface area contributed by atoms with Crippen molar-refractivity contribution in [2.24, 2.45) is 5.73 Å². The molecular weight excluding hydrogens is 214 g/mol. The van der Waals surface area contributed by atoms with Gasteiger partial charge in [0.1, 0.15) is 11.6 Å². The Morgan fingerprint density at radius 2 is 2.12 bits per heavy atom. The van der Waals surface area contributed by atoms with Crippen LogP contribution >= 0.6 is 0 Å². The molecule has 0 fully saturated rings. The summed E-state index contributed by atoms with van der Waals surface area (Å²) in [5.74, 6) is 1.83. The molecule has 1 atom stereocenters. The van der Waals surface area contributed by atoms with Crippen molar-refractivity contribution in [2.45, 2.75) is 46.1 Å². The van der Waals surface area contributed by atoms with Gasteiger partial charge in [0.25, 0.3) is 0 Å². The molecule has 2 N–H and O–H groups in total. The van der Waals surface area contributed by atoms with Gasteiger partial charge < -0.3 is 5.73 Å². The average Bonchev–Trinajstić information content (AvgIpc) is 2.61. The zero-order chi connectivity index (χ0) is 12.4. The number of aromatic nitrogens is 4. The van der Waals surface area contributed by atoms with Crippen molar-refractivity contribution in [1.82, 2.24) is 19.6 Å². The Kier molecular flexibility index (Phi) is 3.38. The van der Waals surface area contributed by atoms with Gasteiger partial charge in [-0.05, 0) is 20.3 Å². The summed E-state index contributed by atoms with van der Waals surface area (Å²) in [6.45, 7) is 6.07. The number of fused-ring (bicyclic) bond motifs is 1. The maximum atomic E-state index is 6.04.